The first kappa shape index (κ1) is 10.9. The average Bonchev–Trinajstić information content (AvgIpc) is 2.68. The highest BCUT2D eigenvalue weighted by Gasteiger charge is 2.15. The Morgan fingerprint density at radius 2 is 2.27 bits per heavy atom. The number of nitrogens with one attached hydrogen (secondary N) is 2. The van der Waals surface area contributed by atoms with Crippen LogP contribution in [0.15, 0.2) is 0 Å². The molecule has 2 N–H and O–H groups in total. The second-order valence-electron chi connectivity index (χ2n) is 3.97. The van der Waals surface area contributed by atoms with Crippen LogP contribution in [0.25, 0.3) is 0 Å². The quantitative estimate of drug-likeness (QED) is 0.826. The minimum Gasteiger partial charge on any atom is -0.359 e. The summed E-state index contributed by atoms with van der Waals surface area (Å²) in [5.41, 5.74) is 1.30. The summed E-state index contributed by atoms with van der Waals surface area (Å²) in [4.78, 5) is 6.07. The van der Waals surface area contributed by atoms with E-state index >= 15 is 0 Å². The molecule has 1 aromatic heterocycles. The van der Waals surface area contributed by atoms with E-state index < -0.39 is 0 Å². The second kappa shape index (κ2) is 4.94. The van der Waals surface area contributed by atoms with Gasteiger partial charge in [-0.25, -0.2) is 4.98 Å². The van der Waals surface area contributed by atoms with Gasteiger partial charge in [-0.3, -0.25) is 0 Å². The summed E-state index contributed by atoms with van der Waals surface area (Å²) in [7, 11) is 0. The van der Waals surface area contributed by atoms with Crippen LogP contribution in [-0.4, -0.2) is 17.6 Å². The van der Waals surface area contributed by atoms with Crippen LogP contribution in [0, 0.1) is 0 Å². The lowest BCUT2D eigenvalue weighted by Gasteiger charge is -2.12. The van der Waals surface area contributed by atoms with E-state index in [1.54, 1.807) is 0 Å². The van der Waals surface area contributed by atoms with Crippen molar-refractivity contribution < 1.29 is 0 Å². The molecule has 2 rings (SSSR count). The van der Waals surface area contributed by atoms with Gasteiger partial charge in [0.2, 0.25) is 0 Å². The van der Waals surface area contributed by atoms with Crippen molar-refractivity contribution in [3.05, 3.63) is 10.6 Å². The number of hydrogen-bond acceptors (Lipinski definition) is 4. The first-order chi connectivity index (χ1) is 7.33. The molecule has 1 aromatic rings. The number of aromatic nitrogens is 1. The molecular formula is C11H19N3S. The van der Waals surface area contributed by atoms with Gasteiger partial charge in [-0.05, 0) is 12.8 Å². The fourth-order valence-electron chi connectivity index (χ4n) is 1.85. The second-order valence-corrected chi connectivity index (χ2v) is 5.06. The normalized spacial score (nSPS) is 15.4. The predicted octanol–water partition coefficient (Wildman–Crippen LogP) is 2.39. The van der Waals surface area contributed by atoms with Gasteiger partial charge in [0.15, 0.2) is 5.13 Å². The van der Waals surface area contributed by atoms with E-state index in [9.17, 15) is 0 Å². The highest BCUT2D eigenvalue weighted by Crippen LogP contribution is 2.26. The van der Waals surface area contributed by atoms with Gasteiger partial charge in [-0.2, -0.15) is 0 Å². The maximum atomic E-state index is 4.65. The summed E-state index contributed by atoms with van der Waals surface area (Å²) in [6.45, 7) is 6.51. The van der Waals surface area contributed by atoms with Crippen molar-refractivity contribution in [2.45, 2.75) is 45.7 Å². The molecule has 84 valence electrons. The van der Waals surface area contributed by atoms with E-state index in [-0.39, 0.29) is 0 Å². The molecule has 15 heavy (non-hydrogen) atoms. The summed E-state index contributed by atoms with van der Waals surface area (Å²) in [5.74, 6) is 0. The molecule has 0 aromatic carbocycles. The average molecular weight is 225 g/mol. The minimum absolute atomic E-state index is 0.575. The molecule has 3 nitrogen and oxygen atoms in total. The summed E-state index contributed by atoms with van der Waals surface area (Å²) >= 11 is 1.81. The van der Waals surface area contributed by atoms with Crippen LogP contribution in [0.1, 0.15) is 37.3 Å². The summed E-state index contributed by atoms with van der Waals surface area (Å²) in [6.07, 6.45) is 3.41. The molecule has 0 aliphatic carbocycles. The van der Waals surface area contributed by atoms with Crippen molar-refractivity contribution in [2.24, 2.45) is 0 Å². The zero-order valence-corrected chi connectivity index (χ0v) is 10.3. The molecule has 0 bridgehead atoms. The van der Waals surface area contributed by atoms with Crippen molar-refractivity contribution in [1.29, 1.82) is 0 Å². The Morgan fingerprint density at radius 3 is 2.93 bits per heavy atom. The number of rotatable bonds is 4. The van der Waals surface area contributed by atoms with Crippen LogP contribution in [-0.2, 0) is 13.0 Å². The van der Waals surface area contributed by atoms with Crippen molar-refractivity contribution in [3.63, 3.8) is 0 Å². The smallest absolute Gasteiger partial charge is 0.183 e. The standard InChI is InChI=1S/C11H19N3S/c1-3-8(4-2)13-11-14-9-5-6-12-7-10(9)15-11/h8,12H,3-7H2,1-2H3,(H,13,14). The Balaban J connectivity index is 2.05. The fraction of sp³-hybridized carbons (Fsp3) is 0.727. The van der Waals surface area contributed by atoms with Gasteiger partial charge in [0, 0.05) is 30.4 Å². The van der Waals surface area contributed by atoms with Gasteiger partial charge in [-0.1, -0.05) is 13.8 Å². The van der Waals surface area contributed by atoms with Crippen LogP contribution in [0.5, 0.6) is 0 Å². The number of hydrogen-bond donors (Lipinski definition) is 2. The highest BCUT2D eigenvalue weighted by atomic mass is 32.1. The predicted molar refractivity (Wildman–Crippen MR) is 65.5 cm³/mol. The zero-order valence-electron chi connectivity index (χ0n) is 9.47. The Hall–Kier alpha value is -0.610. The topological polar surface area (TPSA) is 37.0 Å². The highest BCUT2D eigenvalue weighted by molar-refractivity contribution is 7.15. The molecule has 0 unspecified atom stereocenters. The molecule has 1 aliphatic rings. The van der Waals surface area contributed by atoms with E-state index in [4.69, 9.17) is 0 Å². The molecule has 0 spiro atoms. The first-order valence-corrected chi connectivity index (χ1v) is 6.61. The van der Waals surface area contributed by atoms with Crippen molar-refractivity contribution in [2.75, 3.05) is 11.9 Å². The lowest BCUT2D eigenvalue weighted by molar-refractivity contribution is 0.642. The lowest BCUT2D eigenvalue weighted by atomic mass is 10.2. The van der Waals surface area contributed by atoms with Crippen LogP contribution >= 0.6 is 11.3 Å². The maximum absolute atomic E-state index is 4.65. The fourth-order valence-corrected chi connectivity index (χ4v) is 2.91. The van der Waals surface area contributed by atoms with Crippen LogP contribution < -0.4 is 10.6 Å². The van der Waals surface area contributed by atoms with Crippen LogP contribution in [0.4, 0.5) is 5.13 Å². The number of thiazole rings is 1. The molecule has 0 atom stereocenters. The Labute approximate surface area is 95.3 Å². The van der Waals surface area contributed by atoms with E-state index in [2.05, 4.69) is 29.5 Å². The van der Waals surface area contributed by atoms with E-state index in [0.717, 1.165) is 24.6 Å². The van der Waals surface area contributed by atoms with Crippen molar-refractivity contribution in [1.82, 2.24) is 10.3 Å². The van der Waals surface area contributed by atoms with Gasteiger partial charge in [0.1, 0.15) is 0 Å². The molecule has 2 heterocycles. The van der Waals surface area contributed by atoms with Crippen molar-refractivity contribution >= 4 is 16.5 Å². The van der Waals surface area contributed by atoms with Gasteiger partial charge in [-0.15, -0.1) is 11.3 Å². The lowest BCUT2D eigenvalue weighted by Crippen LogP contribution is -2.22. The Morgan fingerprint density at radius 1 is 1.47 bits per heavy atom. The third-order valence-electron chi connectivity index (χ3n) is 2.92. The molecule has 0 saturated carbocycles. The third-order valence-corrected chi connectivity index (χ3v) is 3.94. The first-order valence-electron chi connectivity index (χ1n) is 5.79. The maximum Gasteiger partial charge on any atom is 0.183 e. The number of anilines is 1. The van der Waals surface area contributed by atoms with Gasteiger partial charge in [0.05, 0.1) is 5.69 Å². The largest absolute Gasteiger partial charge is 0.359 e. The molecule has 1 aliphatic heterocycles. The number of nitrogens with zero attached hydrogens (tertiary/aromatic N) is 1. The third kappa shape index (κ3) is 2.49. The summed E-state index contributed by atoms with van der Waals surface area (Å²) in [6, 6.07) is 0.575. The summed E-state index contributed by atoms with van der Waals surface area (Å²) in [5, 5.41) is 8.00. The van der Waals surface area contributed by atoms with Gasteiger partial charge in [0.25, 0.3) is 0 Å². The summed E-state index contributed by atoms with van der Waals surface area (Å²) < 4.78 is 0. The molecule has 0 saturated heterocycles. The van der Waals surface area contributed by atoms with Crippen LogP contribution in [0.3, 0.4) is 0 Å². The SMILES string of the molecule is CCC(CC)Nc1nc2c(s1)CNCC2. The van der Waals surface area contributed by atoms with E-state index in [1.165, 1.54) is 23.4 Å². The van der Waals surface area contributed by atoms with E-state index in [1.807, 2.05) is 11.3 Å². The Kier molecular flexibility index (Phi) is 3.59. The van der Waals surface area contributed by atoms with Gasteiger partial charge >= 0.3 is 0 Å². The van der Waals surface area contributed by atoms with Gasteiger partial charge < -0.3 is 10.6 Å². The van der Waals surface area contributed by atoms with Crippen molar-refractivity contribution in [3.8, 4) is 0 Å². The monoisotopic (exact) mass is 225 g/mol. The molecule has 0 radical (unpaired) electrons. The minimum atomic E-state index is 0.575. The van der Waals surface area contributed by atoms with E-state index in [0.29, 0.717) is 6.04 Å². The zero-order chi connectivity index (χ0) is 10.7. The molecular weight excluding hydrogens is 206 g/mol. The molecule has 0 amide bonds. The number of fused-ring (bicyclic) bond motifs is 1. The van der Waals surface area contributed by atoms with Crippen LogP contribution in [0.2, 0.25) is 0 Å². The Bertz CT molecular complexity index is 294. The molecule has 4 heteroatoms. The molecule has 0 fully saturated rings.